The lowest BCUT2D eigenvalue weighted by molar-refractivity contribution is 0.160. The molecule has 2 atom stereocenters. The van der Waals surface area contributed by atoms with E-state index >= 15 is 0 Å². The van der Waals surface area contributed by atoms with Crippen LogP contribution in [0.5, 0.6) is 0 Å². The van der Waals surface area contributed by atoms with E-state index in [0.29, 0.717) is 5.92 Å². The van der Waals surface area contributed by atoms with Crippen LogP contribution in [-0.4, -0.2) is 17.3 Å². The van der Waals surface area contributed by atoms with Gasteiger partial charge in [-0.1, -0.05) is 69.7 Å². The van der Waals surface area contributed by atoms with Crippen molar-refractivity contribution < 1.29 is 5.11 Å². The van der Waals surface area contributed by atoms with E-state index in [9.17, 15) is 5.11 Å². The number of nitrogens with two attached hydrogens (primary N) is 1. The first-order valence-corrected chi connectivity index (χ1v) is 9.65. The quantitative estimate of drug-likeness (QED) is 0.618. The second-order valence-electron chi connectivity index (χ2n) is 7.52. The van der Waals surface area contributed by atoms with Gasteiger partial charge in [-0.15, -0.1) is 0 Å². The molecule has 1 aliphatic carbocycles. The minimum Gasteiger partial charge on any atom is -0.394 e. The molecule has 2 nitrogen and oxygen atoms in total. The number of aryl methyl sites for hydroxylation is 1. The van der Waals surface area contributed by atoms with Crippen LogP contribution in [0.4, 0.5) is 0 Å². The zero-order chi connectivity index (χ0) is 16.5. The van der Waals surface area contributed by atoms with Gasteiger partial charge in [0.25, 0.3) is 0 Å². The molecule has 0 unspecified atom stereocenters. The second-order valence-corrected chi connectivity index (χ2v) is 7.52. The molecule has 1 aromatic carbocycles. The van der Waals surface area contributed by atoms with Crippen molar-refractivity contribution in [3.63, 3.8) is 0 Å². The molecule has 1 saturated carbocycles. The maximum absolute atomic E-state index is 9.57. The number of benzene rings is 1. The predicted molar refractivity (Wildman–Crippen MR) is 98.6 cm³/mol. The van der Waals surface area contributed by atoms with E-state index in [4.69, 9.17) is 5.73 Å². The van der Waals surface area contributed by atoms with Crippen LogP contribution in [0.25, 0.3) is 0 Å². The molecule has 2 heteroatoms. The third-order valence-corrected chi connectivity index (χ3v) is 5.63. The number of rotatable bonds is 10. The van der Waals surface area contributed by atoms with E-state index in [0.717, 1.165) is 25.7 Å². The molecule has 0 amide bonds. The van der Waals surface area contributed by atoms with Gasteiger partial charge in [0.1, 0.15) is 0 Å². The van der Waals surface area contributed by atoms with E-state index in [2.05, 4.69) is 31.2 Å². The summed E-state index contributed by atoms with van der Waals surface area (Å²) < 4.78 is 0. The van der Waals surface area contributed by atoms with Gasteiger partial charge in [-0.2, -0.15) is 0 Å². The maximum atomic E-state index is 9.57. The average Bonchev–Trinajstić information content (AvgIpc) is 2.94. The number of unbranched alkanes of at least 4 members (excludes halogenated alkanes) is 5. The van der Waals surface area contributed by atoms with Gasteiger partial charge in [-0.3, -0.25) is 0 Å². The molecular formula is C21H35NO. The Morgan fingerprint density at radius 3 is 2.39 bits per heavy atom. The smallest absolute Gasteiger partial charge is 0.0614 e. The SMILES string of the molecule is CCCCCCCCc1ccc(C[C@@H]2CCC[C@]2(N)CO)cc1. The topological polar surface area (TPSA) is 46.2 Å². The van der Waals surface area contributed by atoms with Crippen molar-refractivity contribution >= 4 is 0 Å². The molecule has 2 rings (SSSR count). The van der Waals surface area contributed by atoms with Crippen LogP contribution in [0.1, 0.15) is 75.8 Å². The minimum absolute atomic E-state index is 0.119. The first-order chi connectivity index (χ1) is 11.2. The molecular weight excluding hydrogens is 282 g/mol. The molecule has 0 spiro atoms. The van der Waals surface area contributed by atoms with Crippen LogP contribution < -0.4 is 5.73 Å². The van der Waals surface area contributed by atoms with E-state index in [-0.39, 0.29) is 12.1 Å². The Morgan fingerprint density at radius 1 is 1.04 bits per heavy atom. The standard InChI is InChI=1S/C21H35NO/c1-2-3-4-5-6-7-9-18-11-13-19(14-12-18)16-20-10-8-15-21(20,22)17-23/h11-14,20,23H,2-10,15-17,22H2,1H3/t20-,21-/m0/s1. The van der Waals surface area contributed by atoms with Crippen molar-refractivity contribution in [2.24, 2.45) is 11.7 Å². The molecule has 0 saturated heterocycles. The van der Waals surface area contributed by atoms with Gasteiger partial charge in [0.15, 0.2) is 0 Å². The Hall–Kier alpha value is -0.860. The Kier molecular flexibility index (Phi) is 7.58. The number of hydrogen-bond acceptors (Lipinski definition) is 2. The zero-order valence-corrected chi connectivity index (χ0v) is 14.9. The van der Waals surface area contributed by atoms with Crippen LogP contribution in [0.3, 0.4) is 0 Å². The minimum atomic E-state index is -0.350. The highest BCUT2D eigenvalue weighted by atomic mass is 16.3. The van der Waals surface area contributed by atoms with Crippen LogP contribution in [0, 0.1) is 5.92 Å². The van der Waals surface area contributed by atoms with E-state index in [1.807, 2.05) is 0 Å². The zero-order valence-electron chi connectivity index (χ0n) is 14.9. The Balaban J connectivity index is 1.74. The van der Waals surface area contributed by atoms with Crippen LogP contribution in [0.15, 0.2) is 24.3 Å². The Labute approximate surface area is 142 Å². The van der Waals surface area contributed by atoms with E-state index < -0.39 is 0 Å². The van der Waals surface area contributed by atoms with E-state index in [1.165, 1.54) is 56.1 Å². The summed E-state index contributed by atoms with van der Waals surface area (Å²) in [6.45, 7) is 2.39. The van der Waals surface area contributed by atoms with Gasteiger partial charge in [-0.05, 0) is 49.1 Å². The summed E-state index contributed by atoms with van der Waals surface area (Å²) in [6, 6.07) is 9.10. The van der Waals surface area contributed by atoms with Gasteiger partial charge in [0, 0.05) is 5.54 Å². The van der Waals surface area contributed by atoms with Crippen molar-refractivity contribution in [3.8, 4) is 0 Å². The predicted octanol–water partition coefficient (Wildman–Crippen LogP) is 4.62. The molecule has 23 heavy (non-hydrogen) atoms. The molecule has 3 N–H and O–H groups in total. The summed E-state index contributed by atoms with van der Waals surface area (Å²) in [5.41, 5.74) is 8.82. The fraction of sp³-hybridized carbons (Fsp3) is 0.714. The summed E-state index contributed by atoms with van der Waals surface area (Å²) in [6.07, 6.45) is 13.6. The maximum Gasteiger partial charge on any atom is 0.0614 e. The van der Waals surface area contributed by atoms with E-state index in [1.54, 1.807) is 0 Å². The van der Waals surface area contributed by atoms with Crippen LogP contribution in [-0.2, 0) is 12.8 Å². The second kappa shape index (κ2) is 9.44. The first kappa shape index (κ1) is 18.5. The third kappa shape index (κ3) is 5.61. The molecule has 0 heterocycles. The molecule has 0 bridgehead atoms. The summed E-state index contributed by atoms with van der Waals surface area (Å²) in [7, 11) is 0. The highest BCUT2D eigenvalue weighted by molar-refractivity contribution is 5.24. The largest absolute Gasteiger partial charge is 0.394 e. The lowest BCUT2D eigenvalue weighted by Gasteiger charge is -2.29. The number of aliphatic hydroxyl groups excluding tert-OH is 1. The fourth-order valence-corrected chi connectivity index (χ4v) is 3.92. The molecule has 0 aromatic heterocycles. The molecule has 130 valence electrons. The Bertz CT molecular complexity index is 442. The van der Waals surface area contributed by atoms with Crippen molar-refractivity contribution in [2.75, 3.05) is 6.61 Å². The third-order valence-electron chi connectivity index (χ3n) is 5.63. The normalized spacial score (nSPS) is 24.2. The summed E-state index contributed by atoms with van der Waals surface area (Å²) in [5, 5.41) is 9.57. The summed E-state index contributed by atoms with van der Waals surface area (Å²) in [4.78, 5) is 0. The van der Waals surface area contributed by atoms with Crippen molar-refractivity contribution in [3.05, 3.63) is 35.4 Å². The molecule has 1 aliphatic rings. The van der Waals surface area contributed by atoms with Crippen molar-refractivity contribution in [2.45, 2.75) is 83.1 Å². The van der Waals surface area contributed by atoms with Crippen LogP contribution in [0.2, 0.25) is 0 Å². The average molecular weight is 318 g/mol. The lowest BCUT2D eigenvalue weighted by Crippen LogP contribution is -2.47. The van der Waals surface area contributed by atoms with Crippen molar-refractivity contribution in [1.82, 2.24) is 0 Å². The van der Waals surface area contributed by atoms with Gasteiger partial charge in [0.2, 0.25) is 0 Å². The molecule has 1 fully saturated rings. The highest BCUT2D eigenvalue weighted by Crippen LogP contribution is 2.35. The summed E-state index contributed by atoms with van der Waals surface area (Å²) >= 11 is 0. The lowest BCUT2D eigenvalue weighted by atomic mass is 9.84. The fourth-order valence-electron chi connectivity index (χ4n) is 3.92. The first-order valence-electron chi connectivity index (χ1n) is 9.65. The van der Waals surface area contributed by atoms with Gasteiger partial charge in [0.05, 0.1) is 6.61 Å². The van der Waals surface area contributed by atoms with Gasteiger partial charge >= 0.3 is 0 Å². The van der Waals surface area contributed by atoms with Gasteiger partial charge < -0.3 is 10.8 Å². The van der Waals surface area contributed by atoms with Crippen LogP contribution >= 0.6 is 0 Å². The number of aliphatic hydroxyl groups is 1. The number of hydrogen-bond donors (Lipinski definition) is 2. The monoisotopic (exact) mass is 317 g/mol. The highest BCUT2D eigenvalue weighted by Gasteiger charge is 2.38. The molecule has 0 radical (unpaired) electrons. The Morgan fingerprint density at radius 2 is 1.70 bits per heavy atom. The molecule has 1 aromatic rings. The van der Waals surface area contributed by atoms with Crippen molar-refractivity contribution in [1.29, 1.82) is 0 Å². The van der Waals surface area contributed by atoms with Gasteiger partial charge in [-0.25, -0.2) is 0 Å². The molecule has 0 aliphatic heterocycles. The summed E-state index contributed by atoms with van der Waals surface area (Å²) in [5.74, 6) is 0.428.